The first-order valence-corrected chi connectivity index (χ1v) is 11.3. The zero-order valence-electron chi connectivity index (χ0n) is 18.8. The van der Waals surface area contributed by atoms with Crippen LogP contribution < -0.4 is 0 Å². The van der Waals surface area contributed by atoms with Gasteiger partial charge in [0.2, 0.25) is 0 Å². The summed E-state index contributed by atoms with van der Waals surface area (Å²) in [7, 11) is 0. The van der Waals surface area contributed by atoms with E-state index in [1.54, 1.807) is 6.08 Å². The Bertz CT molecular complexity index is 1550. The van der Waals surface area contributed by atoms with E-state index in [-0.39, 0.29) is 0 Å². The molecule has 4 heteroatoms. The standard InChI is InChI=1S/C30H24N2O2/c1-2-25(27-9-5-7-21-6-3-4-8-26(21)27)30(23-15-16-28-24(18-23)19-31-32-28)22-13-10-20(11-14-22)12-17-29(33)34/h3-19H,2H2,1H3,(H,31,32)(H,33,34). The number of rotatable bonds is 6. The Kier molecular flexibility index (Phi) is 5.79. The number of aromatic amines is 1. The largest absolute Gasteiger partial charge is 0.478 e. The Morgan fingerprint density at radius 1 is 0.912 bits per heavy atom. The summed E-state index contributed by atoms with van der Waals surface area (Å²) in [5.74, 6) is -0.956. The first kappa shape index (κ1) is 21.4. The number of aliphatic carboxylic acids is 1. The van der Waals surface area contributed by atoms with Crippen LogP contribution in [0, 0.1) is 0 Å². The van der Waals surface area contributed by atoms with Crippen molar-refractivity contribution in [1.29, 1.82) is 0 Å². The Labute approximate surface area is 197 Å². The fraction of sp³-hybridized carbons (Fsp3) is 0.0667. The zero-order valence-corrected chi connectivity index (χ0v) is 18.8. The first-order valence-electron chi connectivity index (χ1n) is 11.3. The van der Waals surface area contributed by atoms with Crippen LogP contribution >= 0.6 is 0 Å². The minimum atomic E-state index is -0.956. The van der Waals surface area contributed by atoms with Crippen LogP contribution in [0.1, 0.15) is 35.6 Å². The molecule has 0 saturated heterocycles. The van der Waals surface area contributed by atoms with Gasteiger partial charge < -0.3 is 5.11 Å². The van der Waals surface area contributed by atoms with Gasteiger partial charge in [0.25, 0.3) is 0 Å². The number of aromatic nitrogens is 2. The molecule has 166 valence electrons. The highest BCUT2D eigenvalue weighted by molar-refractivity contribution is 6.06. The highest BCUT2D eigenvalue weighted by atomic mass is 16.4. The molecule has 34 heavy (non-hydrogen) atoms. The van der Waals surface area contributed by atoms with E-state index in [9.17, 15) is 4.79 Å². The number of H-pyrrole nitrogens is 1. The lowest BCUT2D eigenvalue weighted by Gasteiger charge is -2.18. The number of hydrogen-bond acceptors (Lipinski definition) is 2. The number of carboxylic acid groups (broad SMARTS) is 1. The minimum absolute atomic E-state index is 0.846. The normalized spacial score (nSPS) is 12.4. The van der Waals surface area contributed by atoms with Crippen LogP contribution in [0.15, 0.2) is 97.2 Å². The van der Waals surface area contributed by atoms with Gasteiger partial charge >= 0.3 is 5.97 Å². The molecule has 5 aromatic rings. The van der Waals surface area contributed by atoms with Gasteiger partial charge in [-0.1, -0.05) is 79.7 Å². The van der Waals surface area contributed by atoms with E-state index >= 15 is 0 Å². The summed E-state index contributed by atoms with van der Waals surface area (Å²) < 4.78 is 0. The summed E-state index contributed by atoms with van der Waals surface area (Å²) in [6, 6.07) is 29.4. The molecule has 0 unspecified atom stereocenters. The molecule has 0 radical (unpaired) electrons. The second-order valence-electron chi connectivity index (χ2n) is 8.20. The van der Waals surface area contributed by atoms with Crippen LogP contribution in [0.5, 0.6) is 0 Å². The van der Waals surface area contributed by atoms with Gasteiger partial charge in [0.15, 0.2) is 0 Å². The summed E-state index contributed by atoms with van der Waals surface area (Å²) in [5, 5.41) is 19.7. The van der Waals surface area contributed by atoms with Crippen molar-refractivity contribution in [2.75, 3.05) is 0 Å². The van der Waals surface area contributed by atoms with Crippen LogP contribution in [-0.2, 0) is 4.79 Å². The molecule has 1 heterocycles. The predicted octanol–water partition coefficient (Wildman–Crippen LogP) is 7.18. The van der Waals surface area contributed by atoms with E-state index in [2.05, 4.69) is 89.9 Å². The second kappa shape index (κ2) is 9.20. The van der Waals surface area contributed by atoms with E-state index in [4.69, 9.17) is 5.11 Å². The lowest BCUT2D eigenvalue weighted by Crippen LogP contribution is -1.96. The third-order valence-electron chi connectivity index (χ3n) is 6.12. The lowest BCUT2D eigenvalue weighted by atomic mass is 9.86. The summed E-state index contributed by atoms with van der Waals surface area (Å²) >= 11 is 0. The van der Waals surface area contributed by atoms with Crippen LogP contribution in [0.2, 0.25) is 0 Å². The fourth-order valence-corrected chi connectivity index (χ4v) is 4.53. The highest BCUT2D eigenvalue weighted by Gasteiger charge is 2.16. The zero-order chi connectivity index (χ0) is 23.5. The summed E-state index contributed by atoms with van der Waals surface area (Å²) in [6.45, 7) is 2.19. The van der Waals surface area contributed by atoms with Gasteiger partial charge in [-0.05, 0) is 68.8 Å². The summed E-state index contributed by atoms with van der Waals surface area (Å²) in [6.07, 6.45) is 5.47. The van der Waals surface area contributed by atoms with Gasteiger partial charge in [0, 0.05) is 11.5 Å². The van der Waals surface area contributed by atoms with Crippen molar-refractivity contribution >= 4 is 44.9 Å². The van der Waals surface area contributed by atoms with Gasteiger partial charge in [0.05, 0.1) is 11.7 Å². The molecule has 0 aliphatic carbocycles. The van der Waals surface area contributed by atoms with Crippen LogP contribution in [0.4, 0.5) is 0 Å². The third kappa shape index (κ3) is 4.14. The minimum Gasteiger partial charge on any atom is -0.478 e. The van der Waals surface area contributed by atoms with Gasteiger partial charge in [-0.2, -0.15) is 5.10 Å². The molecule has 2 N–H and O–H groups in total. The molecule has 5 rings (SSSR count). The van der Waals surface area contributed by atoms with E-state index in [1.165, 1.54) is 21.9 Å². The molecule has 0 atom stereocenters. The molecule has 4 aromatic carbocycles. The van der Waals surface area contributed by atoms with Crippen LogP contribution in [-0.4, -0.2) is 21.3 Å². The summed E-state index contributed by atoms with van der Waals surface area (Å²) in [4.78, 5) is 10.9. The number of nitrogens with one attached hydrogen (secondary N) is 1. The van der Waals surface area contributed by atoms with Crippen molar-refractivity contribution in [2.45, 2.75) is 13.3 Å². The predicted molar refractivity (Wildman–Crippen MR) is 139 cm³/mol. The van der Waals surface area contributed by atoms with E-state index in [0.29, 0.717) is 0 Å². The SMILES string of the molecule is CCC(=C(c1ccc(C=CC(=O)O)cc1)c1ccc2[nH]ncc2c1)c1cccc2ccccc12. The second-order valence-corrected chi connectivity index (χ2v) is 8.20. The summed E-state index contributed by atoms with van der Waals surface area (Å²) in [5.41, 5.74) is 7.69. The topological polar surface area (TPSA) is 66.0 Å². The number of carboxylic acids is 1. The molecule has 1 aromatic heterocycles. The first-order chi connectivity index (χ1) is 16.6. The van der Waals surface area contributed by atoms with Crippen molar-refractivity contribution in [1.82, 2.24) is 10.2 Å². The van der Waals surface area contributed by atoms with Gasteiger partial charge in [-0.25, -0.2) is 4.79 Å². The van der Waals surface area contributed by atoms with Crippen molar-refractivity contribution in [2.24, 2.45) is 0 Å². The van der Waals surface area contributed by atoms with Crippen molar-refractivity contribution in [3.8, 4) is 0 Å². The third-order valence-corrected chi connectivity index (χ3v) is 6.12. The number of allylic oxidation sites excluding steroid dienone is 1. The molecule has 0 aliphatic rings. The Morgan fingerprint density at radius 2 is 1.68 bits per heavy atom. The highest BCUT2D eigenvalue weighted by Crippen LogP contribution is 2.38. The van der Waals surface area contributed by atoms with Crippen LogP contribution in [0.3, 0.4) is 0 Å². The molecule has 0 amide bonds. The number of fused-ring (bicyclic) bond motifs is 2. The van der Waals surface area contributed by atoms with E-state index in [1.807, 2.05) is 18.3 Å². The fourth-order valence-electron chi connectivity index (χ4n) is 4.53. The maximum atomic E-state index is 10.9. The molecule has 0 spiro atoms. The van der Waals surface area contributed by atoms with Crippen molar-refractivity contribution < 1.29 is 9.90 Å². The molecule has 0 aliphatic heterocycles. The maximum Gasteiger partial charge on any atom is 0.328 e. The number of nitrogens with zero attached hydrogens (tertiary/aromatic N) is 1. The smallest absolute Gasteiger partial charge is 0.328 e. The Balaban J connectivity index is 1.76. The average Bonchev–Trinajstić information content (AvgIpc) is 3.34. The molecular weight excluding hydrogens is 420 g/mol. The van der Waals surface area contributed by atoms with Gasteiger partial charge in [0.1, 0.15) is 0 Å². The van der Waals surface area contributed by atoms with E-state index in [0.717, 1.165) is 45.7 Å². The number of benzene rings is 4. The van der Waals surface area contributed by atoms with E-state index < -0.39 is 5.97 Å². The maximum absolute atomic E-state index is 10.9. The monoisotopic (exact) mass is 444 g/mol. The van der Waals surface area contributed by atoms with Crippen LogP contribution in [0.25, 0.3) is 38.9 Å². The number of hydrogen-bond donors (Lipinski definition) is 2. The molecular formula is C30H24N2O2. The molecule has 0 saturated carbocycles. The molecule has 4 nitrogen and oxygen atoms in total. The number of carbonyl (C=O) groups is 1. The average molecular weight is 445 g/mol. The van der Waals surface area contributed by atoms with Gasteiger partial charge in [-0.15, -0.1) is 0 Å². The molecule has 0 bridgehead atoms. The van der Waals surface area contributed by atoms with Crippen molar-refractivity contribution in [3.63, 3.8) is 0 Å². The lowest BCUT2D eigenvalue weighted by molar-refractivity contribution is -0.131. The van der Waals surface area contributed by atoms with Gasteiger partial charge in [-0.3, -0.25) is 5.10 Å². The van der Waals surface area contributed by atoms with Crippen molar-refractivity contribution in [3.05, 3.63) is 119 Å². The Morgan fingerprint density at radius 3 is 2.47 bits per heavy atom. The Hall–Kier alpha value is -4.44. The molecule has 0 fully saturated rings. The quantitative estimate of drug-likeness (QED) is 0.215.